The van der Waals surface area contributed by atoms with Crippen molar-refractivity contribution in [2.45, 2.75) is 25.4 Å². The maximum atomic E-state index is 8.84. The van der Waals surface area contributed by atoms with Crippen LogP contribution in [0.3, 0.4) is 0 Å². The van der Waals surface area contributed by atoms with Crippen LogP contribution in [0, 0.1) is 11.3 Å². The lowest BCUT2D eigenvalue weighted by Gasteiger charge is -2.09. The van der Waals surface area contributed by atoms with Gasteiger partial charge in [-0.2, -0.15) is 5.26 Å². The Kier molecular flexibility index (Phi) is 5.70. The minimum Gasteiger partial charge on any atom is -0.494 e. The molecule has 1 atom stereocenters. The van der Waals surface area contributed by atoms with Crippen molar-refractivity contribution < 1.29 is 14.2 Å². The highest BCUT2D eigenvalue weighted by Gasteiger charge is 2.39. The highest BCUT2D eigenvalue weighted by molar-refractivity contribution is 5.64. The number of epoxide rings is 1. The van der Waals surface area contributed by atoms with Gasteiger partial charge in [-0.3, -0.25) is 0 Å². The second-order valence-electron chi connectivity index (χ2n) is 6.56. The molecule has 0 bridgehead atoms. The standard InChI is InChI=1S/C21H23NO3/c1-21(16-25-21)15-23-12-2-3-13-24-20-10-8-19(9-11-20)18-6-4-17(14-22)5-7-18/h4-11H,2-3,12-13,15-16H2,1H3. The Morgan fingerprint density at radius 1 is 1.00 bits per heavy atom. The normalized spacial score (nSPS) is 18.6. The topological polar surface area (TPSA) is 54.8 Å². The summed E-state index contributed by atoms with van der Waals surface area (Å²) < 4.78 is 16.6. The number of benzene rings is 2. The van der Waals surface area contributed by atoms with Gasteiger partial charge in [0.1, 0.15) is 11.4 Å². The predicted octanol–water partition coefficient (Wildman–Crippen LogP) is 4.19. The van der Waals surface area contributed by atoms with Crippen molar-refractivity contribution in [2.24, 2.45) is 0 Å². The number of hydrogen-bond donors (Lipinski definition) is 0. The number of nitrogens with zero attached hydrogens (tertiary/aromatic N) is 1. The van der Waals surface area contributed by atoms with E-state index in [1.165, 1.54) is 0 Å². The van der Waals surface area contributed by atoms with Crippen molar-refractivity contribution in [3.05, 3.63) is 54.1 Å². The molecule has 2 aromatic carbocycles. The van der Waals surface area contributed by atoms with Crippen LogP contribution in [-0.2, 0) is 9.47 Å². The Labute approximate surface area is 149 Å². The molecule has 1 heterocycles. The molecule has 4 nitrogen and oxygen atoms in total. The third-order valence-electron chi connectivity index (χ3n) is 4.20. The molecule has 25 heavy (non-hydrogen) atoms. The third-order valence-corrected chi connectivity index (χ3v) is 4.20. The molecule has 1 fully saturated rings. The second kappa shape index (κ2) is 8.15. The molecule has 1 saturated heterocycles. The highest BCUT2D eigenvalue weighted by Crippen LogP contribution is 2.26. The zero-order chi connectivity index (χ0) is 17.5. The SMILES string of the molecule is CC1(COCCCCOc2ccc(-c3ccc(C#N)cc3)cc2)CO1. The summed E-state index contributed by atoms with van der Waals surface area (Å²) in [7, 11) is 0. The van der Waals surface area contributed by atoms with E-state index in [1.807, 2.05) is 48.5 Å². The average molecular weight is 337 g/mol. The molecular formula is C21H23NO3. The number of rotatable bonds is 9. The molecule has 0 aromatic heterocycles. The average Bonchev–Trinajstić information content (AvgIpc) is 3.39. The van der Waals surface area contributed by atoms with Crippen molar-refractivity contribution >= 4 is 0 Å². The van der Waals surface area contributed by atoms with Gasteiger partial charge in [0.05, 0.1) is 31.5 Å². The molecule has 4 heteroatoms. The molecule has 1 unspecified atom stereocenters. The minimum atomic E-state index is -0.0207. The Morgan fingerprint density at radius 2 is 1.60 bits per heavy atom. The molecule has 0 radical (unpaired) electrons. The van der Waals surface area contributed by atoms with Crippen LogP contribution in [0.2, 0.25) is 0 Å². The van der Waals surface area contributed by atoms with Gasteiger partial charge in [-0.15, -0.1) is 0 Å². The van der Waals surface area contributed by atoms with Gasteiger partial charge in [-0.05, 0) is 55.2 Å². The lowest BCUT2D eigenvalue weighted by Crippen LogP contribution is -2.15. The van der Waals surface area contributed by atoms with E-state index in [9.17, 15) is 0 Å². The van der Waals surface area contributed by atoms with Crippen LogP contribution in [0.5, 0.6) is 5.75 Å². The molecule has 0 aliphatic carbocycles. The third kappa shape index (κ3) is 5.32. The van der Waals surface area contributed by atoms with Crippen LogP contribution in [0.15, 0.2) is 48.5 Å². The summed E-state index contributed by atoms with van der Waals surface area (Å²) in [4.78, 5) is 0. The fourth-order valence-electron chi connectivity index (χ4n) is 2.47. The maximum absolute atomic E-state index is 8.84. The van der Waals surface area contributed by atoms with Crippen LogP contribution in [0.4, 0.5) is 0 Å². The molecule has 0 spiro atoms. The summed E-state index contributed by atoms with van der Waals surface area (Å²) in [5, 5.41) is 8.84. The van der Waals surface area contributed by atoms with Gasteiger partial charge >= 0.3 is 0 Å². The minimum absolute atomic E-state index is 0.0207. The number of nitriles is 1. The lowest BCUT2D eigenvalue weighted by molar-refractivity contribution is 0.0809. The first-order valence-corrected chi connectivity index (χ1v) is 8.64. The van der Waals surface area contributed by atoms with Crippen LogP contribution in [0.25, 0.3) is 11.1 Å². The Bertz CT molecular complexity index is 712. The monoisotopic (exact) mass is 337 g/mol. The van der Waals surface area contributed by atoms with E-state index >= 15 is 0 Å². The van der Waals surface area contributed by atoms with Gasteiger partial charge in [0.25, 0.3) is 0 Å². The first kappa shape index (κ1) is 17.5. The van der Waals surface area contributed by atoms with Crippen LogP contribution in [0.1, 0.15) is 25.3 Å². The van der Waals surface area contributed by atoms with Crippen molar-refractivity contribution in [3.8, 4) is 22.9 Å². The van der Waals surface area contributed by atoms with Crippen LogP contribution >= 0.6 is 0 Å². The molecule has 0 N–H and O–H groups in total. The van der Waals surface area contributed by atoms with Gasteiger partial charge in [-0.25, -0.2) is 0 Å². The van der Waals surface area contributed by atoms with Gasteiger partial charge in [0.2, 0.25) is 0 Å². The summed E-state index contributed by atoms with van der Waals surface area (Å²) in [6, 6.07) is 17.8. The fraction of sp³-hybridized carbons (Fsp3) is 0.381. The van der Waals surface area contributed by atoms with E-state index < -0.39 is 0 Å². The van der Waals surface area contributed by atoms with Gasteiger partial charge in [0.15, 0.2) is 0 Å². The molecule has 1 aliphatic heterocycles. The Morgan fingerprint density at radius 3 is 2.20 bits per heavy atom. The summed E-state index contributed by atoms with van der Waals surface area (Å²) in [5.41, 5.74) is 2.86. The number of hydrogen-bond acceptors (Lipinski definition) is 4. The second-order valence-corrected chi connectivity index (χ2v) is 6.56. The molecule has 0 amide bonds. The number of ether oxygens (including phenoxy) is 3. The van der Waals surface area contributed by atoms with Crippen molar-refractivity contribution in [2.75, 3.05) is 26.4 Å². The predicted molar refractivity (Wildman–Crippen MR) is 96.5 cm³/mol. The van der Waals surface area contributed by atoms with E-state index in [2.05, 4.69) is 13.0 Å². The largest absolute Gasteiger partial charge is 0.494 e. The van der Waals surface area contributed by atoms with Crippen molar-refractivity contribution in [1.82, 2.24) is 0 Å². The van der Waals surface area contributed by atoms with Crippen LogP contribution < -0.4 is 4.74 Å². The van der Waals surface area contributed by atoms with E-state index in [0.29, 0.717) is 18.8 Å². The van der Waals surface area contributed by atoms with E-state index in [0.717, 1.165) is 42.9 Å². The Hall–Kier alpha value is -2.35. The first-order valence-electron chi connectivity index (χ1n) is 8.64. The van der Waals surface area contributed by atoms with E-state index in [-0.39, 0.29) is 5.60 Å². The van der Waals surface area contributed by atoms with Crippen LogP contribution in [-0.4, -0.2) is 32.0 Å². The molecule has 130 valence electrons. The molecule has 2 aromatic rings. The summed E-state index contributed by atoms with van der Waals surface area (Å²) >= 11 is 0. The Balaban J connectivity index is 1.36. The van der Waals surface area contributed by atoms with Gasteiger partial charge < -0.3 is 14.2 Å². The van der Waals surface area contributed by atoms with Crippen molar-refractivity contribution in [3.63, 3.8) is 0 Å². The first-order chi connectivity index (χ1) is 12.2. The van der Waals surface area contributed by atoms with Gasteiger partial charge in [-0.1, -0.05) is 24.3 Å². The molecule has 3 rings (SSSR count). The van der Waals surface area contributed by atoms with Crippen molar-refractivity contribution in [1.29, 1.82) is 5.26 Å². The zero-order valence-electron chi connectivity index (χ0n) is 14.5. The van der Waals surface area contributed by atoms with E-state index in [1.54, 1.807) is 0 Å². The lowest BCUT2D eigenvalue weighted by atomic mass is 10.0. The fourth-order valence-corrected chi connectivity index (χ4v) is 2.47. The van der Waals surface area contributed by atoms with E-state index in [4.69, 9.17) is 19.5 Å². The maximum Gasteiger partial charge on any atom is 0.119 e. The molecular weight excluding hydrogens is 314 g/mol. The summed E-state index contributed by atoms with van der Waals surface area (Å²) in [6.45, 7) is 5.00. The smallest absolute Gasteiger partial charge is 0.119 e. The molecule has 0 saturated carbocycles. The summed E-state index contributed by atoms with van der Waals surface area (Å²) in [5.74, 6) is 0.872. The zero-order valence-corrected chi connectivity index (χ0v) is 14.5. The molecule has 1 aliphatic rings. The van der Waals surface area contributed by atoms with Gasteiger partial charge in [0, 0.05) is 6.61 Å². The quantitative estimate of drug-likeness (QED) is 0.508. The summed E-state index contributed by atoms with van der Waals surface area (Å²) in [6.07, 6.45) is 1.95. The highest BCUT2D eigenvalue weighted by atomic mass is 16.6. The number of unbranched alkanes of at least 4 members (excludes halogenated alkanes) is 1.